The molecule has 0 N–H and O–H groups in total. The Balaban J connectivity index is 2.12. The summed E-state index contributed by atoms with van der Waals surface area (Å²) in [6, 6.07) is 10.5. The predicted molar refractivity (Wildman–Crippen MR) is 62.0 cm³/mol. The summed E-state index contributed by atoms with van der Waals surface area (Å²) >= 11 is 0. The fraction of sp³-hybridized carbons (Fsp3) is 0.462. The van der Waals surface area contributed by atoms with Crippen molar-refractivity contribution in [3.63, 3.8) is 0 Å². The van der Waals surface area contributed by atoms with Crippen molar-refractivity contribution in [1.82, 2.24) is 4.90 Å². The molecule has 1 heterocycles. The van der Waals surface area contributed by atoms with Gasteiger partial charge in [-0.1, -0.05) is 30.3 Å². The van der Waals surface area contributed by atoms with Crippen LogP contribution in [0.25, 0.3) is 0 Å². The summed E-state index contributed by atoms with van der Waals surface area (Å²) in [6.45, 7) is 1.03. The molecule has 1 unspecified atom stereocenters. The van der Waals surface area contributed by atoms with Crippen LogP contribution in [0, 0.1) is 0 Å². The molecule has 2 rings (SSSR count). The van der Waals surface area contributed by atoms with Crippen molar-refractivity contribution in [2.45, 2.75) is 18.9 Å². The average Bonchev–Trinajstić information content (AvgIpc) is 2.79. The molecule has 86 valence electrons. The molecule has 0 saturated carbocycles. The Morgan fingerprint density at radius 1 is 1.44 bits per heavy atom. The largest absolute Gasteiger partial charge is 0.375 e. The lowest BCUT2D eigenvalue weighted by molar-refractivity contribution is -0.136. The van der Waals surface area contributed by atoms with Gasteiger partial charge in [0, 0.05) is 13.7 Å². The Morgan fingerprint density at radius 3 is 2.88 bits per heavy atom. The zero-order valence-corrected chi connectivity index (χ0v) is 9.56. The molecule has 0 spiro atoms. The third kappa shape index (κ3) is 2.25. The quantitative estimate of drug-likeness (QED) is 0.778. The first-order valence-electron chi connectivity index (χ1n) is 5.66. The third-order valence-corrected chi connectivity index (χ3v) is 3.03. The van der Waals surface area contributed by atoms with E-state index in [4.69, 9.17) is 4.74 Å². The van der Waals surface area contributed by atoms with Gasteiger partial charge in [0.25, 0.3) is 0 Å². The van der Waals surface area contributed by atoms with E-state index in [9.17, 15) is 4.79 Å². The number of ether oxygens (including phenoxy) is 1. The lowest BCUT2D eigenvalue weighted by Crippen LogP contribution is -2.33. The lowest BCUT2D eigenvalue weighted by atomic mass is 10.0. The van der Waals surface area contributed by atoms with Gasteiger partial charge in [0.1, 0.15) is 6.61 Å². The second kappa shape index (κ2) is 5.12. The van der Waals surface area contributed by atoms with Crippen molar-refractivity contribution in [2.24, 2.45) is 0 Å². The highest BCUT2D eigenvalue weighted by Crippen LogP contribution is 2.31. The molecule has 0 radical (unpaired) electrons. The molecule has 1 fully saturated rings. The van der Waals surface area contributed by atoms with E-state index in [1.54, 1.807) is 7.11 Å². The first-order valence-corrected chi connectivity index (χ1v) is 5.66. The van der Waals surface area contributed by atoms with Crippen LogP contribution in [0.3, 0.4) is 0 Å². The molecule has 1 amide bonds. The molecular formula is C13H17NO2. The van der Waals surface area contributed by atoms with Gasteiger partial charge in [0.2, 0.25) is 5.91 Å². The minimum atomic E-state index is 0.0915. The molecule has 1 atom stereocenters. The summed E-state index contributed by atoms with van der Waals surface area (Å²) in [4.78, 5) is 13.8. The van der Waals surface area contributed by atoms with Crippen LogP contribution in [0.15, 0.2) is 30.3 Å². The highest BCUT2D eigenvalue weighted by atomic mass is 16.5. The smallest absolute Gasteiger partial charge is 0.249 e. The van der Waals surface area contributed by atoms with Crippen LogP contribution >= 0.6 is 0 Å². The monoisotopic (exact) mass is 219 g/mol. The first kappa shape index (κ1) is 11.1. The summed E-state index contributed by atoms with van der Waals surface area (Å²) in [7, 11) is 1.56. The second-order valence-electron chi connectivity index (χ2n) is 4.09. The third-order valence-electron chi connectivity index (χ3n) is 3.03. The summed E-state index contributed by atoms with van der Waals surface area (Å²) < 4.78 is 4.91. The van der Waals surface area contributed by atoms with Crippen LogP contribution in [-0.4, -0.2) is 31.1 Å². The molecule has 16 heavy (non-hydrogen) atoms. The summed E-state index contributed by atoms with van der Waals surface area (Å²) in [6.07, 6.45) is 2.13. The molecule has 3 heteroatoms. The van der Waals surface area contributed by atoms with Crippen LogP contribution in [0.4, 0.5) is 0 Å². The number of hydrogen-bond acceptors (Lipinski definition) is 2. The van der Waals surface area contributed by atoms with Crippen molar-refractivity contribution in [2.75, 3.05) is 20.3 Å². The minimum absolute atomic E-state index is 0.0915. The van der Waals surface area contributed by atoms with Crippen LogP contribution in [0.1, 0.15) is 24.4 Å². The Hall–Kier alpha value is -1.35. The van der Waals surface area contributed by atoms with Gasteiger partial charge in [0.15, 0.2) is 0 Å². The van der Waals surface area contributed by atoms with Crippen LogP contribution in [0.2, 0.25) is 0 Å². The molecule has 0 bridgehead atoms. The normalized spacial score (nSPS) is 20.1. The Bertz CT molecular complexity index is 350. The fourth-order valence-corrected chi connectivity index (χ4v) is 2.29. The highest BCUT2D eigenvalue weighted by molar-refractivity contribution is 5.78. The van der Waals surface area contributed by atoms with E-state index in [-0.39, 0.29) is 18.6 Å². The Kier molecular flexibility index (Phi) is 3.57. The van der Waals surface area contributed by atoms with Gasteiger partial charge >= 0.3 is 0 Å². The number of nitrogens with zero attached hydrogens (tertiary/aromatic N) is 1. The van der Waals surface area contributed by atoms with Gasteiger partial charge in [0.05, 0.1) is 6.04 Å². The van der Waals surface area contributed by atoms with E-state index >= 15 is 0 Å². The van der Waals surface area contributed by atoms with Crippen molar-refractivity contribution in [1.29, 1.82) is 0 Å². The Labute approximate surface area is 96.0 Å². The summed E-state index contributed by atoms with van der Waals surface area (Å²) in [5.74, 6) is 0.0915. The van der Waals surface area contributed by atoms with E-state index in [1.807, 2.05) is 23.1 Å². The van der Waals surface area contributed by atoms with Crippen LogP contribution in [0.5, 0.6) is 0 Å². The van der Waals surface area contributed by atoms with Gasteiger partial charge in [-0.25, -0.2) is 0 Å². The van der Waals surface area contributed by atoms with Crippen molar-refractivity contribution >= 4 is 5.91 Å². The van der Waals surface area contributed by atoms with E-state index in [1.165, 1.54) is 5.56 Å². The van der Waals surface area contributed by atoms with Gasteiger partial charge in [-0.2, -0.15) is 0 Å². The van der Waals surface area contributed by atoms with Gasteiger partial charge in [-0.3, -0.25) is 4.79 Å². The molecule has 1 aromatic carbocycles. The molecular weight excluding hydrogens is 202 g/mol. The summed E-state index contributed by atoms with van der Waals surface area (Å²) in [5, 5.41) is 0. The average molecular weight is 219 g/mol. The lowest BCUT2D eigenvalue weighted by Gasteiger charge is -2.24. The minimum Gasteiger partial charge on any atom is -0.375 e. The molecule has 0 aliphatic carbocycles. The molecule has 3 nitrogen and oxygen atoms in total. The second-order valence-corrected chi connectivity index (χ2v) is 4.09. The molecule has 1 aromatic rings. The maximum atomic E-state index is 11.8. The number of benzene rings is 1. The van der Waals surface area contributed by atoms with E-state index in [0.717, 1.165) is 19.4 Å². The highest BCUT2D eigenvalue weighted by Gasteiger charge is 2.29. The standard InChI is InChI=1S/C13H17NO2/c1-16-10-13(15)14-9-5-8-12(14)11-6-3-2-4-7-11/h2-4,6-7,12H,5,8-10H2,1H3. The molecule has 1 saturated heterocycles. The zero-order chi connectivity index (χ0) is 11.4. The van der Waals surface area contributed by atoms with Crippen LogP contribution in [-0.2, 0) is 9.53 Å². The Morgan fingerprint density at radius 2 is 2.19 bits per heavy atom. The number of carbonyl (C=O) groups excluding carboxylic acids is 1. The van der Waals surface area contributed by atoms with Gasteiger partial charge in [-0.15, -0.1) is 0 Å². The van der Waals surface area contributed by atoms with E-state index < -0.39 is 0 Å². The van der Waals surface area contributed by atoms with E-state index in [2.05, 4.69) is 12.1 Å². The molecule has 0 aromatic heterocycles. The first-order chi connectivity index (χ1) is 7.83. The fourth-order valence-electron chi connectivity index (χ4n) is 2.29. The number of amides is 1. The maximum Gasteiger partial charge on any atom is 0.249 e. The number of methoxy groups -OCH3 is 1. The number of rotatable bonds is 3. The topological polar surface area (TPSA) is 29.5 Å². The number of hydrogen-bond donors (Lipinski definition) is 0. The van der Waals surface area contributed by atoms with Gasteiger partial charge < -0.3 is 9.64 Å². The van der Waals surface area contributed by atoms with Crippen molar-refractivity contribution in [3.8, 4) is 0 Å². The van der Waals surface area contributed by atoms with Gasteiger partial charge in [-0.05, 0) is 18.4 Å². The number of likely N-dealkylation sites (tertiary alicyclic amines) is 1. The van der Waals surface area contributed by atoms with Crippen molar-refractivity contribution < 1.29 is 9.53 Å². The summed E-state index contributed by atoms with van der Waals surface area (Å²) in [5.41, 5.74) is 1.23. The molecule has 1 aliphatic rings. The molecule has 1 aliphatic heterocycles. The van der Waals surface area contributed by atoms with Crippen LogP contribution < -0.4 is 0 Å². The van der Waals surface area contributed by atoms with Crippen molar-refractivity contribution in [3.05, 3.63) is 35.9 Å². The van der Waals surface area contributed by atoms with E-state index in [0.29, 0.717) is 0 Å². The predicted octanol–water partition coefficient (Wildman–Crippen LogP) is 2.00. The maximum absolute atomic E-state index is 11.8. The SMILES string of the molecule is COCC(=O)N1CCCC1c1ccccc1. The zero-order valence-electron chi connectivity index (χ0n) is 9.56. The number of carbonyl (C=O) groups is 1.